The molecule has 34 heavy (non-hydrogen) atoms. The van der Waals surface area contributed by atoms with Crippen molar-refractivity contribution in [3.05, 3.63) is 66.2 Å². The zero-order valence-electron chi connectivity index (χ0n) is 19.9. The van der Waals surface area contributed by atoms with Gasteiger partial charge in [-0.1, -0.05) is 36.4 Å². The van der Waals surface area contributed by atoms with Crippen LogP contribution in [0.1, 0.15) is 31.7 Å². The average Bonchev–Trinajstić information content (AvgIpc) is 2.96. The molecule has 0 saturated carbocycles. The van der Waals surface area contributed by atoms with Gasteiger partial charge in [-0.05, 0) is 54.4 Å². The Balaban J connectivity index is 1.51. The summed E-state index contributed by atoms with van der Waals surface area (Å²) in [6, 6.07) is 18.6. The van der Waals surface area contributed by atoms with Crippen molar-refractivity contribution in [2.75, 3.05) is 30.9 Å². The molecule has 0 radical (unpaired) electrons. The lowest BCUT2D eigenvalue weighted by Crippen LogP contribution is -2.46. The van der Waals surface area contributed by atoms with Crippen molar-refractivity contribution in [2.24, 2.45) is 0 Å². The molecule has 0 spiro atoms. The predicted molar refractivity (Wildman–Crippen MR) is 133 cm³/mol. The number of hydrogen-bond acceptors (Lipinski definition) is 4. The fraction of sp³-hybridized carbons (Fsp3) is 0.296. The molecule has 3 aromatic carbocycles. The molecule has 1 N–H and O–H groups in total. The van der Waals surface area contributed by atoms with Crippen molar-refractivity contribution in [3.63, 3.8) is 0 Å². The minimum atomic E-state index is -0.415. The van der Waals surface area contributed by atoms with Gasteiger partial charge in [0.1, 0.15) is 5.75 Å². The summed E-state index contributed by atoms with van der Waals surface area (Å²) in [6.45, 7) is 3.61. The fourth-order valence-corrected chi connectivity index (χ4v) is 4.44. The number of anilines is 2. The first-order valence-corrected chi connectivity index (χ1v) is 11.3. The van der Waals surface area contributed by atoms with E-state index < -0.39 is 5.92 Å². The van der Waals surface area contributed by atoms with Crippen molar-refractivity contribution in [3.8, 4) is 5.75 Å². The molecule has 0 unspecified atom stereocenters. The first-order chi connectivity index (χ1) is 16.3. The van der Waals surface area contributed by atoms with Gasteiger partial charge < -0.3 is 19.9 Å². The molecule has 176 valence electrons. The second-order valence-corrected chi connectivity index (χ2v) is 8.77. The average molecular weight is 460 g/mol. The van der Waals surface area contributed by atoms with Crippen LogP contribution in [0.3, 0.4) is 0 Å². The highest BCUT2D eigenvalue weighted by atomic mass is 16.5. The van der Waals surface area contributed by atoms with Gasteiger partial charge in [0.15, 0.2) is 0 Å². The minimum Gasteiger partial charge on any atom is -0.497 e. The lowest BCUT2D eigenvalue weighted by atomic mass is 9.96. The van der Waals surface area contributed by atoms with Gasteiger partial charge >= 0.3 is 0 Å². The van der Waals surface area contributed by atoms with Crippen LogP contribution in [0.15, 0.2) is 60.7 Å². The summed E-state index contributed by atoms with van der Waals surface area (Å²) in [5, 5.41) is 4.90. The third-order valence-electron chi connectivity index (χ3n) is 6.32. The zero-order chi connectivity index (χ0) is 24.4. The van der Waals surface area contributed by atoms with E-state index in [2.05, 4.69) is 5.32 Å². The number of ether oxygens (including phenoxy) is 1. The van der Waals surface area contributed by atoms with Gasteiger partial charge in [-0.2, -0.15) is 0 Å². The van der Waals surface area contributed by atoms with E-state index in [1.165, 1.54) is 4.90 Å². The van der Waals surface area contributed by atoms with Crippen molar-refractivity contribution < 1.29 is 19.1 Å². The lowest BCUT2D eigenvalue weighted by Gasteiger charge is -2.30. The normalized spacial score (nSPS) is 16.3. The van der Waals surface area contributed by atoms with E-state index in [9.17, 15) is 14.4 Å². The monoisotopic (exact) mass is 459 g/mol. The van der Waals surface area contributed by atoms with Crippen LogP contribution in [-0.4, -0.2) is 49.4 Å². The van der Waals surface area contributed by atoms with E-state index in [1.807, 2.05) is 68.4 Å². The topological polar surface area (TPSA) is 79.0 Å². The Morgan fingerprint density at radius 1 is 1.12 bits per heavy atom. The van der Waals surface area contributed by atoms with Crippen LogP contribution in [0.2, 0.25) is 0 Å². The summed E-state index contributed by atoms with van der Waals surface area (Å²) < 4.78 is 5.28. The SMILES string of the molecule is COc1ccc2cc([C@H](C)C(=O)N(C)CC(=O)N3c4ccccc4NC(=O)C[C@@H]3C)ccc2c1. The number of benzene rings is 3. The molecular formula is C27H29N3O4. The van der Waals surface area contributed by atoms with Crippen molar-refractivity contribution in [1.29, 1.82) is 0 Å². The van der Waals surface area contributed by atoms with Gasteiger partial charge in [-0.25, -0.2) is 0 Å². The van der Waals surface area contributed by atoms with Gasteiger partial charge in [0.2, 0.25) is 17.7 Å². The molecule has 3 aromatic rings. The Labute approximate surface area is 199 Å². The van der Waals surface area contributed by atoms with Gasteiger partial charge in [0.05, 0.1) is 30.9 Å². The van der Waals surface area contributed by atoms with Crippen LogP contribution >= 0.6 is 0 Å². The van der Waals surface area contributed by atoms with Crippen LogP contribution in [-0.2, 0) is 14.4 Å². The van der Waals surface area contributed by atoms with E-state index in [1.54, 1.807) is 25.1 Å². The van der Waals surface area contributed by atoms with Crippen LogP contribution in [0.25, 0.3) is 10.8 Å². The molecule has 0 aromatic heterocycles. The zero-order valence-corrected chi connectivity index (χ0v) is 19.9. The molecule has 1 heterocycles. The van der Waals surface area contributed by atoms with E-state index >= 15 is 0 Å². The third-order valence-corrected chi connectivity index (χ3v) is 6.32. The maximum atomic E-state index is 13.3. The summed E-state index contributed by atoms with van der Waals surface area (Å²) >= 11 is 0. The number of amides is 3. The maximum absolute atomic E-state index is 13.3. The number of nitrogens with one attached hydrogen (secondary N) is 1. The van der Waals surface area contributed by atoms with Crippen molar-refractivity contribution in [1.82, 2.24) is 4.90 Å². The van der Waals surface area contributed by atoms with E-state index in [4.69, 9.17) is 4.74 Å². The quantitative estimate of drug-likeness (QED) is 0.621. The Morgan fingerprint density at radius 3 is 2.59 bits per heavy atom. The highest BCUT2D eigenvalue weighted by Crippen LogP contribution is 2.31. The van der Waals surface area contributed by atoms with Crippen molar-refractivity contribution in [2.45, 2.75) is 32.2 Å². The molecule has 7 heteroatoms. The number of carbonyl (C=O) groups is 3. The number of hydrogen-bond donors (Lipinski definition) is 1. The molecule has 4 rings (SSSR count). The van der Waals surface area contributed by atoms with Gasteiger partial charge in [0.25, 0.3) is 0 Å². The standard InChI is InChI=1S/C27H29N3O4/c1-17-13-25(31)28-23-7-5-6-8-24(23)30(17)26(32)16-29(3)27(33)18(2)19-9-10-21-15-22(34-4)12-11-20(21)14-19/h5-12,14-15,17-18H,13,16H2,1-4H3,(H,28,31)/t17-,18-/m0/s1. The molecule has 0 aliphatic carbocycles. The first kappa shape index (κ1) is 23.3. The fourth-order valence-electron chi connectivity index (χ4n) is 4.44. The first-order valence-electron chi connectivity index (χ1n) is 11.3. The summed E-state index contributed by atoms with van der Waals surface area (Å²) in [6.07, 6.45) is 0.191. The van der Waals surface area contributed by atoms with E-state index in [0.29, 0.717) is 11.4 Å². The molecule has 0 saturated heterocycles. The smallest absolute Gasteiger partial charge is 0.246 e. The largest absolute Gasteiger partial charge is 0.497 e. The lowest BCUT2D eigenvalue weighted by molar-refractivity contribution is -0.135. The highest BCUT2D eigenvalue weighted by Gasteiger charge is 2.31. The predicted octanol–water partition coefficient (Wildman–Crippen LogP) is 4.17. The molecule has 1 aliphatic rings. The van der Waals surface area contributed by atoms with Crippen molar-refractivity contribution >= 4 is 39.9 Å². The number of rotatable bonds is 5. The van der Waals surface area contributed by atoms with Crippen LogP contribution in [0.4, 0.5) is 11.4 Å². The molecular weight excluding hydrogens is 430 g/mol. The number of nitrogens with zero attached hydrogens (tertiary/aromatic N) is 2. The molecule has 1 aliphatic heterocycles. The molecule has 3 amide bonds. The second kappa shape index (κ2) is 9.55. The van der Waals surface area contributed by atoms with E-state index in [-0.39, 0.29) is 36.7 Å². The summed E-state index contributed by atoms with van der Waals surface area (Å²) in [4.78, 5) is 41.8. The van der Waals surface area contributed by atoms with E-state index in [0.717, 1.165) is 22.1 Å². The molecule has 7 nitrogen and oxygen atoms in total. The number of methoxy groups -OCH3 is 1. The summed E-state index contributed by atoms with van der Waals surface area (Å²) in [5.74, 6) is -0.149. The van der Waals surface area contributed by atoms with Crippen LogP contribution in [0.5, 0.6) is 5.75 Å². The minimum absolute atomic E-state index is 0.0825. The number of likely N-dealkylation sites (N-methyl/N-ethyl adjacent to an activating group) is 1. The Hall–Kier alpha value is -3.87. The molecule has 0 bridgehead atoms. The van der Waals surface area contributed by atoms with Crippen LogP contribution < -0.4 is 15.0 Å². The Morgan fingerprint density at radius 2 is 1.82 bits per heavy atom. The second-order valence-electron chi connectivity index (χ2n) is 8.77. The highest BCUT2D eigenvalue weighted by molar-refractivity contribution is 6.05. The molecule has 0 fully saturated rings. The number of fused-ring (bicyclic) bond motifs is 2. The maximum Gasteiger partial charge on any atom is 0.246 e. The summed E-state index contributed by atoms with van der Waals surface area (Å²) in [7, 11) is 3.27. The third kappa shape index (κ3) is 4.59. The molecule has 2 atom stereocenters. The number of para-hydroxylation sites is 2. The van der Waals surface area contributed by atoms with Gasteiger partial charge in [-0.3, -0.25) is 14.4 Å². The van der Waals surface area contributed by atoms with Gasteiger partial charge in [-0.15, -0.1) is 0 Å². The Bertz CT molecular complexity index is 1260. The number of carbonyl (C=O) groups excluding carboxylic acids is 3. The Kier molecular flexibility index (Phi) is 6.54. The van der Waals surface area contributed by atoms with Crippen LogP contribution in [0, 0.1) is 0 Å². The van der Waals surface area contributed by atoms with Gasteiger partial charge in [0, 0.05) is 19.5 Å². The summed E-state index contributed by atoms with van der Waals surface area (Å²) in [5.41, 5.74) is 2.12.